The quantitative estimate of drug-likeness (QED) is 0.725. The molecule has 0 aliphatic rings. The number of hydrogen-bond donors (Lipinski definition) is 2. The number of methoxy groups -OCH3 is 1. The van der Waals surface area contributed by atoms with Crippen LogP contribution in [0.1, 0.15) is 6.92 Å². The number of nitrogen functional groups attached to an aromatic ring is 1. The molecule has 0 aliphatic carbocycles. The van der Waals surface area contributed by atoms with Gasteiger partial charge in [-0.3, -0.25) is 4.79 Å². The van der Waals surface area contributed by atoms with E-state index in [9.17, 15) is 4.79 Å². The number of nitrogens with two attached hydrogens (primary N) is 1. The average Bonchev–Trinajstić information content (AvgIpc) is 2.27. The lowest BCUT2D eigenvalue weighted by Gasteiger charge is -2.10. The molecule has 0 heterocycles. The largest absolute Gasteiger partial charge is 0.493 e. The summed E-state index contributed by atoms with van der Waals surface area (Å²) in [6, 6.07) is 5.03. The van der Waals surface area contributed by atoms with Crippen molar-refractivity contribution >= 4 is 11.6 Å². The highest BCUT2D eigenvalue weighted by Crippen LogP contribution is 2.28. The van der Waals surface area contributed by atoms with E-state index in [0.717, 1.165) is 0 Å². The standard InChI is InChI=1S/C11H16N2O3/c1-3-13-11(14)7-16-10-6-8(12)4-5-9(10)15-2/h4-6H,3,7,12H2,1-2H3,(H,13,14). The minimum atomic E-state index is -0.174. The number of rotatable bonds is 5. The molecule has 3 N–H and O–H groups in total. The van der Waals surface area contributed by atoms with Gasteiger partial charge in [-0.1, -0.05) is 0 Å². The third kappa shape index (κ3) is 3.34. The van der Waals surface area contributed by atoms with Gasteiger partial charge in [-0.05, 0) is 19.1 Å². The summed E-state index contributed by atoms with van der Waals surface area (Å²) in [7, 11) is 1.53. The zero-order chi connectivity index (χ0) is 12.0. The van der Waals surface area contributed by atoms with E-state index < -0.39 is 0 Å². The average molecular weight is 224 g/mol. The summed E-state index contributed by atoms with van der Waals surface area (Å²) in [6.07, 6.45) is 0. The van der Waals surface area contributed by atoms with E-state index in [1.165, 1.54) is 7.11 Å². The van der Waals surface area contributed by atoms with Crippen LogP contribution in [0.2, 0.25) is 0 Å². The number of benzene rings is 1. The second-order valence-corrected chi connectivity index (χ2v) is 3.15. The summed E-state index contributed by atoms with van der Waals surface area (Å²) in [4.78, 5) is 11.2. The summed E-state index contributed by atoms with van der Waals surface area (Å²) in [5, 5.41) is 2.63. The first kappa shape index (κ1) is 12.2. The van der Waals surface area contributed by atoms with Crippen LogP contribution in [0.15, 0.2) is 18.2 Å². The van der Waals surface area contributed by atoms with Gasteiger partial charge in [0.05, 0.1) is 7.11 Å². The third-order valence-electron chi connectivity index (χ3n) is 1.92. The van der Waals surface area contributed by atoms with Gasteiger partial charge in [0, 0.05) is 18.3 Å². The predicted octanol–water partition coefficient (Wildman–Crippen LogP) is 0.792. The zero-order valence-corrected chi connectivity index (χ0v) is 9.45. The van der Waals surface area contributed by atoms with Crippen molar-refractivity contribution in [1.29, 1.82) is 0 Å². The lowest BCUT2D eigenvalue weighted by Crippen LogP contribution is -2.28. The molecule has 0 bridgehead atoms. The molecule has 0 spiro atoms. The van der Waals surface area contributed by atoms with Crippen molar-refractivity contribution in [1.82, 2.24) is 5.32 Å². The van der Waals surface area contributed by atoms with E-state index in [1.807, 2.05) is 6.92 Å². The minimum absolute atomic E-state index is 0.0480. The number of nitrogens with one attached hydrogen (secondary N) is 1. The van der Waals surface area contributed by atoms with Crippen LogP contribution >= 0.6 is 0 Å². The zero-order valence-electron chi connectivity index (χ0n) is 9.45. The molecule has 0 aromatic heterocycles. The van der Waals surface area contributed by atoms with Gasteiger partial charge in [-0.2, -0.15) is 0 Å². The fourth-order valence-corrected chi connectivity index (χ4v) is 1.20. The molecule has 5 nitrogen and oxygen atoms in total. The van der Waals surface area contributed by atoms with Crippen molar-refractivity contribution in [3.63, 3.8) is 0 Å². The summed E-state index contributed by atoms with van der Waals surface area (Å²) in [5.41, 5.74) is 6.17. The minimum Gasteiger partial charge on any atom is -0.493 e. The Balaban J connectivity index is 2.65. The molecule has 0 atom stereocenters. The molecule has 1 aromatic carbocycles. The van der Waals surface area contributed by atoms with E-state index in [4.69, 9.17) is 15.2 Å². The molecule has 16 heavy (non-hydrogen) atoms. The molecule has 5 heteroatoms. The molecule has 0 fully saturated rings. The summed E-state index contributed by atoms with van der Waals surface area (Å²) in [6.45, 7) is 2.38. The molecule has 1 aromatic rings. The molecule has 0 saturated heterocycles. The molecular formula is C11H16N2O3. The van der Waals surface area contributed by atoms with Gasteiger partial charge in [0.25, 0.3) is 5.91 Å². The molecular weight excluding hydrogens is 208 g/mol. The van der Waals surface area contributed by atoms with Crippen molar-refractivity contribution in [2.24, 2.45) is 0 Å². The Morgan fingerprint density at radius 2 is 2.19 bits per heavy atom. The molecule has 88 valence electrons. The smallest absolute Gasteiger partial charge is 0.257 e. The fourth-order valence-electron chi connectivity index (χ4n) is 1.20. The second-order valence-electron chi connectivity index (χ2n) is 3.15. The van der Waals surface area contributed by atoms with Crippen LogP contribution in [0.5, 0.6) is 11.5 Å². The monoisotopic (exact) mass is 224 g/mol. The Labute approximate surface area is 94.5 Å². The van der Waals surface area contributed by atoms with E-state index in [0.29, 0.717) is 23.7 Å². The van der Waals surface area contributed by atoms with Gasteiger partial charge in [0.15, 0.2) is 18.1 Å². The number of likely N-dealkylation sites (N-methyl/N-ethyl adjacent to an activating group) is 1. The first-order chi connectivity index (χ1) is 7.67. The van der Waals surface area contributed by atoms with E-state index in [1.54, 1.807) is 18.2 Å². The van der Waals surface area contributed by atoms with Gasteiger partial charge < -0.3 is 20.5 Å². The van der Waals surface area contributed by atoms with Gasteiger partial charge in [-0.15, -0.1) is 0 Å². The summed E-state index contributed by atoms with van der Waals surface area (Å²) >= 11 is 0. The maximum atomic E-state index is 11.2. The number of amides is 1. The highest BCUT2D eigenvalue weighted by Gasteiger charge is 2.07. The summed E-state index contributed by atoms with van der Waals surface area (Å²) in [5.74, 6) is 0.847. The molecule has 0 radical (unpaired) electrons. The maximum absolute atomic E-state index is 11.2. The molecule has 0 aliphatic heterocycles. The Hall–Kier alpha value is -1.91. The maximum Gasteiger partial charge on any atom is 0.257 e. The Morgan fingerprint density at radius 3 is 2.81 bits per heavy atom. The van der Waals surface area contributed by atoms with Crippen LogP contribution in [0.25, 0.3) is 0 Å². The molecule has 1 rings (SSSR count). The first-order valence-corrected chi connectivity index (χ1v) is 5.00. The van der Waals surface area contributed by atoms with Crippen LogP contribution < -0.4 is 20.5 Å². The number of anilines is 1. The van der Waals surface area contributed by atoms with Crippen molar-refractivity contribution in [3.05, 3.63) is 18.2 Å². The van der Waals surface area contributed by atoms with Crippen molar-refractivity contribution < 1.29 is 14.3 Å². The first-order valence-electron chi connectivity index (χ1n) is 5.00. The number of carbonyl (C=O) groups excluding carboxylic acids is 1. The third-order valence-corrected chi connectivity index (χ3v) is 1.92. The lowest BCUT2D eigenvalue weighted by molar-refractivity contribution is -0.123. The molecule has 0 unspecified atom stereocenters. The second kappa shape index (κ2) is 5.85. The Kier molecular flexibility index (Phi) is 4.44. The fraction of sp³-hybridized carbons (Fsp3) is 0.364. The van der Waals surface area contributed by atoms with Crippen LogP contribution in [0.4, 0.5) is 5.69 Å². The van der Waals surface area contributed by atoms with E-state index in [2.05, 4.69) is 5.32 Å². The highest BCUT2D eigenvalue weighted by molar-refractivity contribution is 5.77. The normalized spacial score (nSPS) is 9.62. The van der Waals surface area contributed by atoms with E-state index in [-0.39, 0.29) is 12.5 Å². The Bertz CT molecular complexity index is 366. The number of carbonyl (C=O) groups is 1. The van der Waals surface area contributed by atoms with Crippen LogP contribution in [0.3, 0.4) is 0 Å². The highest BCUT2D eigenvalue weighted by atomic mass is 16.5. The van der Waals surface area contributed by atoms with Crippen molar-refractivity contribution in [3.8, 4) is 11.5 Å². The van der Waals surface area contributed by atoms with Crippen LogP contribution in [-0.4, -0.2) is 26.2 Å². The van der Waals surface area contributed by atoms with Crippen LogP contribution in [0, 0.1) is 0 Å². The predicted molar refractivity (Wildman–Crippen MR) is 61.6 cm³/mol. The lowest BCUT2D eigenvalue weighted by atomic mass is 10.3. The molecule has 1 amide bonds. The Morgan fingerprint density at radius 1 is 1.44 bits per heavy atom. The number of ether oxygens (including phenoxy) is 2. The SMILES string of the molecule is CCNC(=O)COc1cc(N)ccc1OC. The van der Waals surface area contributed by atoms with Gasteiger partial charge in [-0.25, -0.2) is 0 Å². The van der Waals surface area contributed by atoms with E-state index >= 15 is 0 Å². The van der Waals surface area contributed by atoms with Crippen LogP contribution in [-0.2, 0) is 4.79 Å². The van der Waals surface area contributed by atoms with Gasteiger partial charge in [0.2, 0.25) is 0 Å². The summed E-state index contributed by atoms with van der Waals surface area (Å²) < 4.78 is 10.4. The van der Waals surface area contributed by atoms with Gasteiger partial charge in [0.1, 0.15) is 0 Å². The van der Waals surface area contributed by atoms with Crippen molar-refractivity contribution in [2.75, 3.05) is 26.0 Å². The van der Waals surface area contributed by atoms with Gasteiger partial charge >= 0.3 is 0 Å². The molecule has 0 saturated carbocycles. The topological polar surface area (TPSA) is 73.6 Å². The number of hydrogen-bond acceptors (Lipinski definition) is 4. The van der Waals surface area contributed by atoms with Crippen molar-refractivity contribution in [2.45, 2.75) is 6.92 Å².